The van der Waals surface area contributed by atoms with Crippen LogP contribution < -0.4 is 0 Å². The number of benzene rings is 2. The highest BCUT2D eigenvalue weighted by atomic mass is 16.7. The standard InChI is InChI=1S/C25H29NO3/c27-24(22-11-4-5-12-23(22)25-28-13-14-29-25)19-15-20-9-6-10-21(16-19)26(20)17-18-7-2-1-3-8-18/h1-5,7-8,11-12,19-21,25H,6,9-10,13-17H2. The normalized spacial score (nSPS) is 27.8. The van der Waals surface area contributed by atoms with Gasteiger partial charge >= 0.3 is 0 Å². The highest BCUT2D eigenvalue weighted by Gasteiger charge is 2.41. The van der Waals surface area contributed by atoms with Crippen molar-refractivity contribution in [3.05, 3.63) is 71.3 Å². The first kappa shape index (κ1) is 19.0. The van der Waals surface area contributed by atoms with Crippen molar-refractivity contribution in [2.75, 3.05) is 13.2 Å². The minimum Gasteiger partial charge on any atom is -0.346 e. The van der Waals surface area contributed by atoms with Crippen molar-refractivity contribution in [3.8, 4) is 0 Å². The van der Waals surface area contributed by atoms with E-state index < -0.39 is 6.29 Å². The first-order chi connectivity index (χ1) is 14.3. The fourth-order valence-corrected chi connectivity index (χ4v) is 5.43. The van der Waals surface area contributed by atoms with Crippen LogP contribution in [0.5, 0.6) is 0 Å². The molecular weight excluding hydrogens is 362 g/mol. The second kappa shape index (κ2) is 8.39. The number of Topliss-reactive ketones (excluding diaryl/α,β-unsaturated/α-hetero) is 1. The number of piperidine rings is 2. The molecule has 3 aliphatic rings. The number of carbonyl (C=O) groups is 1. The van der Waals surface area contributed by atoms with Gasteiger partial charge in [-0.15, -0.1) is 0 Å². The summed E-state index contributed by atoms with van der Waals surface area (Å²) in [6.07, 6.45) is 5.20. The van der Waals surface area contributed by atoms with E-state index in [1.807, 2.05) is 24.3 Å². The van der Waals surface area contributed by atoms with Gasteiger partial charge in [-0.05, 0) is 31.2 Å². The van der Waals surface area contributed by atoms with Crippen LogP contribution in [0.2, 0.25) is 0 Å². The maximum atomic E-state index is 13.5. The Bertz CT molecular complexity index is 832. The largest absolute Gasteiger partial charge is 0.346 e. The van der Waals surface area contributed by atoms with Crippen LogP contribution in [0.15, 0.2) is 54.6 Å². The summed E-state index contributed by atoms with van der Waals surface area (Å²) in [6, 6.07) is 19.6. The maximum Gasteiger partial charge on any atom is 0.184 e. The van der Waals surface area contributed by atoms with Crippen molar-refractivity contribution < 1.29 is 14.3 Å². The Hall–Kier alpha value is -2.01. The number of ether oxygens (including phenoxy) is 2. The second-order valence-electron chi connectivity index (χ2n) is 8.59. The summed E-state index contributed by atoms with van der Waals surface area (Å²) in [5.74, 6) is 0.371. The average Bonchev–Trinajstić information content (AvgIpc) is 3.29. The summed E-state index contributed by atoms with van der Waals surface area (Å²) in [6.45, 7) is 2.18. The molecule has 3 saturated heterocycles. The predicted molar refractivity (Wildman–Crippen MR) is 112 cm³/mol. The Morgan fingerprint density at radius 3 is 2.28 bits per heavy atom. The van der Waals surface area contributed by atoms with Gasteiger partial charge in [0.05, 0.1) is 13.2 Å². The van der Waals surface area contributed by atoms with E-state index in [1.54, 1.807) is 0 Å². The van der Waals surface area contributed by atoms with Gasteiger partial charge in [-0.1, -0.05) is 61.0 Å². The van der Waals surface area contributed by atoms with E-state index in [2.05, 4.69) is 35.2 Å². The van der Waals surface area contributed by atoms with Gasteiger partial charge in [-0.25, -0.2) is 0 Å². The zero-order valence-corrected chi connectivity index (χ0v) is 16.8. The maximum absolute atomic E-state index is 13.5. The van der Waals surface area contributed by atoms with E-state index in [4.69, 9.17) is 9.47 Å². The number of carbonyl (C=O) groups excluding carboxylic acids is 1. The SMILES string of the molecule is O=C(c1ccccc1C1OCCO1)C1CC2CCCC(C1)N2Cc1ccccc1. The van der Waals surface area contributed by atoms with Gasteiger partial charge in [-0.2, -0.15) is 0 Å². The van der Waals surface area contributed by atoms with Crippen LogP contribution >= 0.6 is 0 Å². The van der Waals surface area contributed by atoms with E-state index >= 15 is 0 Å². The molecular formula is C25H29NO3. The summed E-state index contributed by atoms with van der Waals surface area (Å²) in [5, 5.41) is 0. The number of hydrogen-bond donors (Lipinski definition) is 0. The summed E-state index contributed by atoms with van der Waals surface area (Å²) in [5.41, 5.74) is 3.06. The molecule has 5 rings (SSSR count). The molecule has 3 aliphatic heterocycles. The van der Waals surface area contributed by atoms with Gasteiger partial charge in [0, 0.05) is 35.7 Å². The van der Waals surface area contributed by atoms with Crippen LogP contribution in [0, 0.1) is 5.92 Å². The van der Waals surface area contributed by atoms with Gasteiger partial charge in [-0.3, -0.25) is 9.69 Å². The lowest BCUT2D eigenvalue weighted by molar-refractivity contribution is -0.0447. The lowest BCUT2D eigenvalue weighted by Crippen LogP contribution is -2.52. The number of rotatable bonds is 5. The molecule has 3 heterocycles. The molecule has 0 spiro atoms. The topological polar surface area (TPSA) is 38.8 Å². The van der Waals surface area contributed by atoms with Gasteiger partial charge < -0.3 is 9.47 Å². The molecule has 2 aromatic carbocycles. The van der Waals surface area contributed by atoms with Crippen molar-refractivity contribution in [3.63, 3.8) is 0 Å². The third-order valence-electron chi connectivity index (χ3n) is 6.81. The molecule has 0 saturated carbocycles. The molecule has 0 N–H and O–H groups in total. The molecule has 2 bridgehead atoms. The fraction of sp³-hybridized carbons (Fsp3) is 0.480. The summed E-state index contributed by atoms with van der Waals surface area (Å²) >= 11 is 0. The van der Waals surface area contributed by atoms with Crippen LogP contribution in [0.25, 0.3) is 0 Å². The highest BCUT2D eigenvalue weighted by Crippen LogP contribution is 2.40. The molecule has 2 atom stereocenters. The summed E-state index contributed by atoms with van der Waals surface area (Å²) < 4.78 is 11.4. The summed E-state index contributed by atoms with van der Waals surface area (Å²) in [7, 11) is 0. The minimum absolute atomic E-state index is 0.0971. The molecule has 4 heteroatoms. The highest BCUT2D eigenvalue weighted by molar-refractivity contribution is 5.99. The average molecular weight is 392 g/mol. The minimum atomic E-state index is -0.396. The van der Waals surface area contributed by atoms with E-state index in [-0.39, 0.29) is 11.7 Å². The molecule has 2 aromatic rings. The van der Waals surface area contributed by atoms with Gasteiger partial charge in [0.2, 0.25) is 0 Å². The lowest BCUT2D eigenvalue weighted by atomic mass is 9.75. The van der Waals surface area contributed by atoms with Gasteiger partial charge in [0.1, 0.15) is 0 Å². The first-order valence-corrected chi connectivity index (χ1v) is 11.0. The van der Waals surface area contributed by atoms with Gasteiger partial charge in [0.15, 0.2) is 12.1 Å². The van der Waals surface area contributed by atoms with Crippen molar-refractivity contribution in [2.45, 2.75) is 57.0 Å². The fourth-order valence-electron chi connectivity index (χ4n) is 5.43. The number of ketones is 1. The first-order valence-electron chi connectivity index (χ1n) is 11.0. The molecule has 29 heavy (non-hydrogen) atoms. The van der Waals surface area contributed by atoms with E-state index in [1.165, 1.54) is 24.8 Å². The Balaban J connectivity index is 1.34. The molecule has 152 valence electrons. The second-order valence-corrected chi connectivity index (χ2v) is 8.59. The van der Waals surface area contributed by atoms with Crippen molar-refractivity contribution in [1.82, 2.24) is 4.90 Å². The van der Waals surface area contributed by atoms with E-state index in [0.29, 0.717) is 25.3 Å². The van der Waals surface area contributed by atoms with Gasteiger partial charge in [0.25, 0.3) is 0 Å². The quantitative estimate of drug-likeness (QED) is 0.690. The molecule has 2 unspecified atom stereocenters. The smallest absolute Gasteiger partial charge is 0.184 e. The van der Waals surface area contributed by atoms with Crippen molar-refractivity contribution in [1.29, 1.82) is 0 Å². The third-order valence-corrected chi connectivity index (χ3v) is 6.81. The summed E-state index contributed by atoms with van der Waals surface area (Å²) in [4.78, 5) is 16.2. The van der Waals surface area contributed by atoms with Crippen LogP contribution in [-0.4, -0.2) is 36.0 Å². The Kier molecular flexibility index (Phi) is 5.49. The lowest BCUT2D eigenvalue weighted by Gasteiger charge is -2.48. The number of nitrogens with zero attached hydrogens (tertiary/aromatic N) is 1. The van der Waals surface area contributed by atoms with E-state index in [9.17, 15) is 4.79 Å². The predicted octanol–water partition coefficient (Wildman–Crippen LogP) is 4.75. The molecule has 0 radical (unpaired) electrons. The molecule has 4 nitrogen and oxygen atoms in total. The Morgan fingerprint density at radius 1 is 0.897 bits per heavy atom. The van der Waals surface area contributed by atoms with Crippen LogP contribution in [0.3, 0.4) is 0 Å². The number of hydrogen-bond acceptors (Lipinski definition) is 4. The molecule has 3 fully saturated rings. The molecule has 0 aliphatic carbocycles. The zero-order chi connectivity index (χ0) is 19.6. The van der Waals surface area contributed by atoms with Crippen molar-refractivity contribution in [2.24, 2.45) is 5.92 Å². The van der Waals surface area contributed by atoms with E-state index in [0.717, 1.165) is 30.5 Å². The van der Waals surface area contributed by atoms with Crippen LogP contribution in [0.4, 0.5) is 0 Å². The van der Waals surface area contributed by atoms with Crippen molar-refractivity contribution >= 4 is 5.78 Å². The zero-order valence-electron chi connectivity index (χ0n) is 16.8. The molecule has 0 amide bonds. The van der Waals surface area contributed by atoms with Crippen LogP contribution in [0.1, 0.15) is 59.9 Å². The van der Waals surface area contributed by atoms with Crippen LogP contribution in [-0.2, 0) is 16.0 Å². The Morgan fingerprint density at radius 2 is 1.55 bits per heavy atom. The number of fused-ring (bicyclic) bond motifs is 2. The monoisotopic (exact) mass is 391 g/mol. The Labute approximate surface area is 172 Å². The third kappa shape index (κ3) is 3.89. The molecule has 0 aromatic heterocycles.